The molecule has 1 fully saturated rings. The fourth-order valence-corrected chi connectivity index (χ4v) is 2.05. The summed E-state index contributed by atoms with van der Waals surface area (Å²) in [6.07, 6.45) is 4.73. The standard InChI is InChI=1S/C15H18N4O/c20-15(8-9-16-12-5-6-12)18-13-3-1-11(2-4-13)14-7-10-17-19-14/h1-4,7,10,12,16H,5-6,8-9H2,(H,17,19)(H,18,20). The molecule has 104 valence electrons. The van der Waals surface area contributed by atoms with E-state index in [2.05, 4.69) is 20.8 Å². The number of H-pyrrole nitrogens is 1. The van der Waals surface area contributed by atoms with Gasteiger partial charge in [-0.15, -0.1) is 0 Å². The van der Waals surface area contributed by atoms with Crippen LogP contribution >= 0.6 is 0 Å². The monoisotopic (exact) mass is 270 g/mol. The lowest BCUT2D eigenvalue weighted by Gasteiger charge is -2.06. The van der Waals surface area contributed by atoms with Crippen LogP contribution < -0.4 is 10.6 Å². The minimum Gasteiger partial charge on any atom is -0.326 e. The van der Waals surface area contributed by atoms with E-state index in [1.807, 2.05) is 30.3 Å². The van der Waals surface area contributed by atoms with Crippen LogP contribution in [0.4, 0.5) is 5.69 Å². The lowest BCUT2D eigenvalue weighted by molar-refractivity contribution is -0.116. The van der Waals surface area contributed by atoms with Crippen molar-refractivity contribution < 1.29 is 4.79 Å². The van der Waals surface area contributed by atoms with Gasteiger partial charge >= 0.3 is 0 Å². The molecule has 0 aliphatic heterocycles. The van der Waals surface area contributed by atoms with Crippen LogP contribution in [0.3, 0.4) is 0 Å². The summed E-state index contributed by atoms with van der Waals surface area (Å²) in [4.78, 5) is 11.8. The van der Waals surface area contributed by atoms with Crippen molar-refractivity contribution in [3.8, 4) is 11.3 Å². The molecular weight excluding hydrogens is 252 g/mol. The van der Waals surface area contributed by atoms with Gasteiger partial charge in [-0.25, -0.2) is 0 Å². The van der Waals surface area contributed by atoms with Crippen molar-refractivity contribution in [3.63, 3.8) is 0 Å². The van der Waals surface area contributed by atoms with E-state index < -0.39 is 0 Å². The summed E-state index contributed by atoms with van der Waals surface area (Å²) in [5.41, 5.74) is 2.84. The Hall–Kier alpha value is -2.14. The molecule has 1 aliphatic carbocycles. The predicted molar refractivity (Wildman–Crippen MR) is 78.3 cm³/mol. The van der Waals surface area contributed by atoms with Crippen molar-refractivity contribution in [2.24, 2.45) is 0 Å². The van der Waals surface area contributed by atoms with Gasteiger partial charge in [-0.05, 0) is 36.6 Å². The van der Waals surface area contributed by atoms with Crippen LogP contribution in [0.2, 0.25) is 0 Å². The van der Waals surface area contributed by atoms with Crippen LogP contribution in [-0.4, -0.2) is 28.7 Å². The van der Waals surface area contributed by atoms with Crippen LogP contribution in [0.25, 0.3) is 11.3 Å². The van der Waals surface area contributed by atoms with Gasteiger partial charge in [0.1, 0.15) is 0 Å². The number of hydrogen-bond acceptors (Lipinski definition) is 3. The van der Waals surface area contributed by atoms with Crippen molar-refractivity contribution in [1.29, 1.82) is 0 Å². The largest absolute Gasteiger partial charge is 0.326 e. The van der Waals surface area contributed by atoms with Crippen LogP contribution in [0.15, 0.2) is 36.5 Å². The van der Waals surface area contributed by atoms with Gasteiger partial charge in [0.15, 0.2) is 0 Å². The van der Waals surface area contributed by atoms with Crippen LogP contribution in [0.1, 0.15) is 19.3 Å². The summed E-state index contributed by atoms with van der Waals surface area (Å²) in [6, 6.07) is 10.3. The highest BCUT2D eigenvalue weighted by molar-refractivity contribution is 5.91. The van der Waals surface area contributed by atoms with Gasteiger partial charge in [0, 0.05) is 30.9 Å². The first-order chi connectivity index (χ1) is 9.81. The third-order valence-electron chi connectivity index (χ3n) is 3.34. The van der Waals surface area contributed by atoms with E-state index in [1.165, 1.54) is 12.8 Å². The van der Waals surface area contributed by atoms with Crippen molar-refractivity contribution >= 4 is 11.6 Å². The molecular formula is C15H18N4O. The molecule has 1 aromatic heterocycles. The van der Waals surface area contributed by atoms with E-state index in [-0.39, 0.29) is 5.91 Å². The molecule has 0 unspecified atom stereocenters. The highest BCUT2D eigenvalue weighted by Crippen LogP contribution is 2.19. The van der Waals surface area contributed by atoms with Gasteiger partial charge in [0.05, 0.1) is 5.69 Å². The molecule has 0 saturated heterocycles. The summed E-state index contributed by atoms with van der Waals surface area (Å²) in [6.45, 7) is 0.753. The number of hydrogen-bond donors (Lipinski definition) is 3. The van der Waals surface area contributed by atoms with Gasteiger partial charge in [0.2, 0.25) is 5.91 Å². The first-order valence-corrected chi connectivity index (χ1v) is 6.94. The Balaban J connectivity index is 1.50. The zero-order chi connectivity index (χ0) is 13.8. The normalized spacial score (nSPS) is 14.2. The maximum Gasteiger partial charge on any atom is 0.225 e. The van der Waals surface area contributed by atoms with E-state index in [0.717, 1.165) is 23.5 Å². The van der Waals surface area contributed by atoms with Crippen LogP contribution in [0, 0.1) is 0 Å². The third kappa shape index (κ3) is 3.45. The third-order valence-corrected chi connectivity index (χ3v) is 3.34. The summed E-state index contributed by atoms with van der Waals surface area (Å²) in [5.74, 6) is 0.0486. The average Bonchev–Trinajstić information content (AvgIpc) is 3.11. The first-order valence-electron chi connectivity index (χ1n) is 6.94. The molecule has 0 radical (unpaired) electrons. The molecule has 0 spiro atoms. The van der Waals surface area contributed by atoms with Crippen molar-refractivity contribution in [1.82, 2.24) is 15.5 Å². The van der Waals surface area contributed by atoms with Gasteiger partial charge < -0.3 is 10.6 Å². The maximum atomic E-state index is 11.8. The van der Waals surface area contributed by atoms with Gasteiger partial charge in [-0.3, -0.25) is 9.89 Å². The second-order valence-electron chi connectivity index (χ2n) is 5.07. The minimum atomic E-state index is 0.0486. The number of aromatic nitrogens is 2. The topological polar surface area (TPSA) is 69.8 Å². The van der Waals surface area contributed by atoms with E-state index >= 15 is 0 Å². The molecule has 3 rings (SSSR count). The lowest BCUT2D eigenvalue weighted by Crippen LogP contribution is -2.23. The lowest BCUT2D eigenvalue weighted by atomic mass is 10.1. The predicted octanol–water partition coefficient (Wildman–Crippen LogP) is 2.16. The number of nitrogens with zero attached hydrogens (tertiary/aromatic N) is 1. The van der Waals surface area contributed by atoms with E-state index in [1.54, 1.807) is 6.20 Å². The summed E-state index contributed by atoms with van der Waals surface area (Å²) >= 11 is 0. The number of rotatable bonds is 6. The number of carbonyl (C=O) groups is 1. The number of amides is 1. The van der Waals surface area contributed by atoms with Crippen molar-refractivity contribution in [3.05, 3.63) is 36.5 Å². The molecule has 3 N–H and O–H groups in total. The summed E-state index contributed by atoms with van der Waals surface area (Å²) < 4.78 is 0. The Bertz CT molecular complexity index is 558. The van der Waals surface area contributed by atoms with Gasteiger partial charge in [0.25, 0.3) is 0 Å². The van der Waals surface area contributed by atoms with Crippen molar-refractivity contribution in [2.45, 2.75) is 25.3 Å². The molecule has 1 heterocycles. The Morgan fingerprint density at radius 1 is 1.25 bits per heavy atom. The summed E-state index contributed by atoms with van der Waals surface area (Å²) in [5, 5.41) is 13.1. The Kier molecular flexibility index (Phi) is 3.78. The van der Waals surface area contributed by atoms with Gasteiger partial charge in [-0.1, -0.05) is 12.1 Å². The van der Waals surface area contributed by atoms with Crippen LogP contribution in [0.5, 0.6) is 0 Å². The number of nitrogens with one attached hydrogen (secondary N) is 3. The molecule has 1 aromatic carbocycles. The molecule has 1 aliphatic rings. The molecule has 5 nitrogen and oxygen atoms in total. The summed E-state index contributed by atoms with van der Waals surface area (Å²) in [7, 11) is 0. The SMILES string of the molecule is O=C(CCNC1CC1)Nc1ccc(-c2ccn[nH]2)cc1. The Morgan fingerprint density at radius 2 is 2.05 bits per heavy atom. The molecule has 0 atom stereocenters. The fraction of sp³-hybridized carbons (Fsp3) is 0.333. The molecule has 0 bridgehead atoms. The highest BCUT2D eigenvalue weighted by Gasteiger charge is 2.20. The van der Waals surface area contributed by atoms with E-state index in [9.17, 15) is 4.79 Å². The van der Waals surface area contributed by atoms with Crippen molar-refractivity contribution in [2.75, 3.05) is 11.9 Å². The first kappa shape index (κ1) is 12.9. The molecule has 1 amide bonds. The Morgan fingerprint density at radius 3 is 2.70 bits per heavy atom. The molecule has 1 saturated carbocycles. The molecule has 2 aromatic rings. The quantitative estimate of drug-likeness (QED) is 0.753. The second kappa shape index (κ2) is 5.88. The maximum absolute atomic E-state index is 11.8. The molecule has 5 heteroatoms. The number of carbonyl (C=O) groups excluding carboxylic acids is 1. The number of aromatic amines is 1. The smallest absolute Gasteiger partial charge is 0.225 e. The minimum absolute atomic E-state index is 0.0486. The fourth-order valence-electron chi connectivity index (χ4n) is 2.05. The molecule has 20 heavy (non-hydrogen) atoms. The average molecular weight is 270 g/mol. The Labute approximate surface area is 117 Å². The van der Waals surface area contributed by atoms with E-state index in [4.69, 9.17) is 0 Å². The second-order valence-corrected chi connectivity index (χ2v) is 5.07. The number of anilines is 1. The van der Waals surface area contributed by atoms with Gasteiger partial charge in [-0.2, -0.15) is 5.10 Å². The zero-order valence-electron chi connectivity index (χ0n) is 11.2. The van der Waals surface area contributed by atoms with E-state index in [0.29, 0.717) is 12.5 Å². The van der Waals surface area contributed by atoms with Crippen LogP contribution in [-0.2, 0) is 4.79 Å². The zero-order valence-corrected chi connectivity index (χ0v) is 11.2. The highest BCUT2D eigenvalue weighted by atomic mass is 16.1. The number of benzene rings is 1.